The standard InChI is InChI=1S/C28H36FN5O3/c1-18(2)30-9-10-31-27(36)16-33(25-13-24-20(11-19(25)3)6-8-26(24)35)17-28(37)32(4)34-14-21-5-7-23(29)12-22(21)15-34/h5,7,11-13,18,30H,6,8-10,14-17H2,1-4H3,(H,31,36). The third-order valence-corrected chi connectivity index (χ3v) is 7.00. The first kappa shape index (κ1) is 26.8. The van der Waals surface area contributed by atoms with Crippen LogP contribution in [0.2, 0.25) is 0 Å². The lowest BCUT2D eigenvalue weighted by atomic mass is 10.0. The number of hydrogen-bond acceptors (Lipinski definition) is 6. The van der Waals surface area contributed by atoms with Gasteiger partial charge in [-0.3, -0.25) is 19.4 Å². The zero-order chi connectivity index (χ0) is 26.7. The Bertz CT molecular complexity index is 1200. The highest BCUT2D eigenvalue weighted by atomic mass is 19.1. The molecule has 2 aliphatic rings. The van der Waals surface area contributed by atoms with E-state index < -0.39 is 0 Å². The second-order valence-electron chi connectivity index (χ2n) is 10.2. The van der Waals surface area contributed by atoms with E-state index in [1.165, 1.54) is 12.1 Å². The number of hydrogen-bond donors (Lipinski definition) is 2. The Hall–Kier alpha value is -3.30. The number of carbonyl (C=O) groups is 3. The number of likely N-dealkylation sites (N-methyl/N-ethyl adjacent to an activating group) is 1. The van der Waals surface area contributed by atoms with E-state index in [0.29, 0.717) is 49.9 Å². The van der Waals surface area contributed by atoms with Crippen molar-refractivity contribution in [1.82, 2.24) is 20.7 Å². The molecule has 0 aromatic heterocycles. The monoisotopic (exact) mass is 509 g/mol. The van der Waals surface area contributed by atoms with Gasteiger partial charge in [-0.25, -0.2) is 9.40 Å². The Kier molecular flexibility index (Phi) is 8.24. The highest BCUT2D eigenvalue weighted by Gasteiger charge is 2.29. The van der Waals surface area contributed by atoms with Crippen LogP contribution in [0.4, 0.5) is 10.1 Å². The minimum absolute atomic E-state index is 0.0134. The molecule has 2 aromatic rings. The summed E-state index contributed by atoms with van der Waals surface area (Å²) in [5.74, 6) is -0.604. The van der Waals surface area contributed by atoms with Crippen molar-refractivity contribution in [2.45, 2.75) is 52.7 Å². The number of halogens is 1. The van der Waals surface area contributed by atoms with Crippen molar-refractivity contribution in [2.24, 2.45) is 0 Å². The van der Waals surface area contributed by atoms with Crippen molar-refractivity contribution in [3.05, 3.63) is 64.0 Å². The summed E-state index contributed by atoms with van der Waals surface area (Å²) in [5, 5.41) is 9.58. The summed E-state index contributed by atoms with van der Waals surface area (Å²) in [4.78, 5) is 40.4. The average molecular weight is 510 g/mol. The van der Waals surface area contributed by atoms with E-state index in [-0.39, 0.29) is 36.5 Å². The number of aryl methyl sites for hydroxylation is 2. The summed E-state index contributed by atoms with van der Waals surface area (Å²) < 4.78 is 13.7. The maximum absolute atomic E-state index is 13.7. The van der Waals surface area contributed by atoms with Gasteiger partial charge in [0.2, 0.25) is 5.91 Å². The number of Topliss-reactive ketones (excluding diaryl/α,β-unsaturated/α-hetero) is 1. The van der Waals surface area contributed by atoms with Crippen molar-refractivity contribution in [3.63, 3.8) is 0 Å². The van der Waals surface area contributed by atoms with Crippen molar-refractivity contribution in [1.29, 1.82) is 0 Å². The molecule has 0 atom stereocenters. The summed E-state index contributed by atoms with van der Waals surface area (Å²) in [6, 6.07) is 8.82. The molecule has 0 saturated carbocycles. The maximum atomic E-state index is 13.7. The van der Waals surface area contributed by atoms with Crippen LogP contribution >= 0.6 is 0 Å². The fourth-order valence-electron chi connectivity index (χ4n) is 4.95. The van der Waals surface area contributed by atoms with E-state index in [1.54, 1.807) is 23.0 Å². The number of benzene rings is 2. The molecule has 0 saturated heterocycles. The number of ketones is 1. The van der Waals surface area contributed by atoms with E-state index in [2.05, 4.69) is 10.6 Å². The molecule has 0 radical (unpaired) electrons. The average Bonchev–Trinajstić information content (AvgIpc) is 3.43. The number of anilines is 1. The number of fused-ring (bicyclic) bond motifs is 2. The summed E-state index contributed by atoms with van der Waals surface area (Å²) in [6.07, 6.45) is 1.20. The summed E-state index contributed by atoms with van der Waals surface area (Å²) in [5.41, 5.74) is 5.16. The molecule has 2 aromatic carbocycles. The summed E-state index contributed by atoms with van der Waals surface area (Å²) >= 11 is 0. The third-order valence-electron chi connectivity index (χ3n) is 7.00. The Morgan fingerprint density at radius 1 is 1.03 bits per heavy atom. The Balaban J connectivity index is 1.49. The van der Waals surface area contributed by atoms with Crippen LogP contribution in [0.15, 0.2) is 30.3 Å². The zero-order valence-electron chi connectivity index (χ0n) is 22.1. The molecule has 4 rings (SSSR count). The summed E-state index contributed by atoms with van der Waals surface area (Å²) in [6.45, 7) is 8.03. The molecule has 1 aliphatic carbocycles. The van der Waals surface area contributed by atoms with Gasteiger partial charge in [0, 0.05) is 56.9 Å². The third kappa shape index (κ3) is 6.34. The molecule has 2 amide bonds. The van der Waals surface area contributed by atoms with Crippen molar-refractivity contribution in [2.75, 3.05) is 38.1 Å². The lowest BCUT2D eigenvalue weighted by Gasteiger charge is -2.32. The number of nitrogens with zero attached hydrogens (tertiary/aromatic N) is 3. The molecule has 37 heavy (non-hydrogen) atoms. The minimum atomic E-state index is -0.294. The van der Waals surface area contributed by atoms with Gasteiger partial charge in [-0.15, -0.1) is 0 Å². The topological polar surface area (TPSA) is 85.0 Å². The quantitative estimate of drug-likeness (QED) is 0.479. The van der Waals surface area contributed by atoms with Crippen LogP contribution in [0, 0.1) is 12.7 Å². The van der Waals surface area contributed by atoms with Crippen LogP contribution in [-0.2, 0) is 29.1 Å². The van der Waals surface area contributed by atoms with Crippen molar-refractivity contribution in [3.8, 4) is 0 Å². The summed E-state index contributed by atoms with van der Waals surface area (Å²) in [7, 11) is 1.69. The van der Waals surface area contributed by atoms with Crippen LogP contribution in [-0.4, -0.2) is 66.9 Å². The molecule has 198 valence electrons. The second-order valence-corrected chi connectivity index (χ2v) is 10.2. The van der Waals surface area contributed by atoms with Crippen LogP contribution in [0.25, 0.3) is 0 Å². The SMILES string of the molecule is Cc1cc2c(cc1N(CC(=O)NCCNC(C)C)CC(=O)N(C)N1Cc3ccc(F)cc3C1)C(=O)CC2. The van der Waals surface area contributed by atoms with E-state index in [9.17, 15) is 18.8 Å². The highest BCUT2D eigenvalue weighted by Crippen LogP contribution is 2.31. The van der Waals surface area contributed by atoms with Crippen LogP contribution < -0.4 is 15.5 Å². The first-order valence-corrected chi connectivity index (χ1v) is 12.8. The van der Waals surface area contributed by atoms with E-state index in [0.717, 1.165) is 28.7 Å². The molecule has 0 spiro atoms. The lowest BCUT2D eigenvalue weighted by molar-refractivity contribution is -0.145. The molecule has 1 aliphatic heterocycles. The molecule has 0 bridgehead atoms. The first-order valence-electron chi connectivity index (χ1n) is 12.8. The Morgan fingerprint density at radius 3 is 2.54 bits per heavy atom. The van der Waals surface area contributed by atoms with E-state index >= 15 is 0 Å². The normalized spacial score (nSPS) is 14.6. The van der Waals surface area contributed by atoms with Gasteiger partial charge in [-0.05, 0) is 53.8 Å². The fraction of sp³-hybridized carbons (Fsp3) is 0.464. The number of amides is 2. The maximum Gasteiger partial charge on any atom is 0.256 e. The molecule has 8 nitrogen and oxygen atoms in total. The largest absolute Gasteiger partial charge is 0.353 e. The molecule has 1 heterocycles. The Labute approximate surface area is 217 Å². The number of rotatable bonds is 10. The van der Waals surface area contributed by atoms with Gasteiger partial charge >= 0.3 is 0 Å². The van der Waals surface area contributed by atoms with Gasteiger partial charge in [0.05, 0.1) is 13.1 Å². The highest BCUT2D eigenvalue weighted by molar-refractivity contribution is 6.01. The first-order chi connectivity index (χ1) is 17.6. The molecular weight excluding hydrogens is 473 g/mol. The smallest absolute Gasteiger partial charge is 0.256 e. The predicted molar refractivity (Wildman–Crippen MR) is 141 cm³/mol. The predicted octanol–water partition coefficient (Wildman–Crippen LogP) is 2.57. The van der Waals surface area contributed by atoms with Crippen LogP contribution in [0.5, 0.6) is 0 Å². The van der Waals surface area contributed by atoms with Crippen molar-refractivity contribution >= 4 is 23.3 Å². The number of hydrazine groups is 1. The van der Waals surface area contributed by atoms with Crippen LogP contribution in [0.1, 0.15) is 52.9 Å². The van der Waals surface area contributed by atoms with Gasteiger partial charge in [-0.2, -0.15) is 0 Å². The fourth-order valence-corrected chi connectivity index (χ4v) is 4.95. The molecule has 2 N–H and O–H groups in total. The van der Waals surface area contributed by atoms with Crippen LogP contribution in [0.3, 0.4) is 0 Å². The molecular formula is C28H36FN5O3. The van der Waals surface area contributed by atoms with Crippen molar-refractivity contribution < 1.29 is 18.8 Å². The number of carbonyl (C=O) groups excluding carboxylic acids is 3. The second kappa shape index (κ2) is 11.4. The van der Waals surface area contributed by atoms with Gasteiger partial charge in [0.25, 0.3) is 5.91 Å². The van der Waals surface area contributed by atoms with Gasteiger partial charge in [-0.1, -0.05) is 26.0 Å². The Morgan fingerprint density at radius 2 is 1.78 bits per heavy atom. The minimum Gasteiger partial charge on any atom is -0.353 e. The molecule has 0 unspecified atom stereocenters. The number of nitrogens with one attached hydrogen (secondary N) is 2. The van der Waals surface area contributed by atoms with E-state index in [4.69, 9.17) is 0 Å². The molecule has 9 heteroatoms. The van der Waals surface area contributed by atoms with E-state index in [1.807, 2.05) is 37.9 Å². The van der Waals surface area contributed by atoms with Gasteiger partial charge in [0.15, 0.2) is 5.78 Å². The zero-order valence-corrected chi connectivity index (χ0v) is 22.1. The lowest BCUT2D eigenvalue weighted by Crippen LogP contribution is -2.48. The van der Waals surface area contributed by atoms with Gasteiger partial charge in [0.1, 0.15) is 5.82 Å². The van der Waals surface area contributed by atoms with Gasteiger partial charge < -0.3 is 15.5 Å². The molecule has 0 fully saturated rings.